The number of hydrogen-bond donors (Lipinski definition) is 0. The lowest BCUT2D eigenvalue weighted by Gasteiger charge is -2.04. The average Bonchev–Trinajstić information content (AvgIpc) is 3.03. The zero-order chi connectivity index (χ0) is 14.8. The molecule has 6 heteroatoms. The van der Waals surface area contributed by atoms with Crippen LogP contribution in [-0.4, -0.2) is 14.8 Å². The van der Waals surface area contributed by atoms with E-state index in [0.717, 1.165) is 32.5 Å². The Morgan fingerprint density at radius 2 is 2.14 bits per heavy atom. The summed E-state index contributed by atoms with van der Waals surface area (Å²) in [5.41, 5.74) is 2.23. The SMILES string of the molecule is Cc1occc1-c1nnc(SCc2cccc(Br)c2)n1C. The van der Waals surface area contributed by atoms with Gasteiger partial charge in [0.2, 0.25) is 0 Å². The number of aryl methyl sites for hydroxylation is 1. The zero-order valence-corrected chi connectivity index (χ0v) is 14.1. The van der Waals surface area contributed by atoms with Crippen LogP contribution in [0.25, 0.3) is 11.4 Å². The van der Waals surface area contributed by atoms with E-state index in [2.05, 4.69) is 38.3 Å². The Labute approximate surface area is 135 Å². The Balaban J connectivity index is 1.79. The van der Waals surface area contributed by atoms with Crippen LogP contribution in [0.2, 0.25) is 0 Å². The van der Waals surface area contributed by atoms with Gasteiger partial charge in [-0.3, -0.25) is 0 Å². The lowest BCUT2D eigenvalue weighted by atomic mass is 10.2. The molecule has 3 rings (SSSR count). The van der Waals surface area contributed by atoms with Gasteiger partial charge in [-0.1, -0.05) is 39.8 Å². The highest BCUT2D eigenvalue weighted by atomic mass is 79.9. The monoisotopic (exact) mass is 363 g/mol. The second kappa shape index (κ2) is 6.07. The van der Waals surface area contributed by atoms with E-state index in [1.165, 1.54) is 5.56 Å². The Bertz CT molecular complexity index is 766. The Morgan fingerprint density at radius 1 is 1.29 bits per heavy atom. The van der Waals surface area contributed by atoms with E-state index < -0.39 is 0 Å². The zero-order valence-electron chi connectivity index (χ0n) is 11.7. The summed E-state index contributed by atoms with van der Waals surface area (Å²) in [6.45, 7) is 1.93. The van der Waals surface area contributed by atoms with Crippen LogP contribution < -0.4 is 0 Å². The fourth-order valence-corrected chi connectivity index (χ4v) is 3.37. The summed E-state index contributed by atoms with van der Waals surface area (Å²) in [5.74, 6) is 2.54. The smallest absolute Gasteiger partial charge is 0.191 e. The molecule has 3 aromatic rings. The number of nitrogens with zero attached hydrogens (tertiary/aromatic N) is 3. The van der Waals surface area contributed by atoms with E-state index in [1.807, 2.05) is 36.7 Å². The molecular formula is C15H14BrN3OS. The number of halogens is 1. The largest absolute Gasteiger partial charge is 0.469 e. The van der Waals surface area contributed by atoms with E-state index in [9.17, 15) is 0 Å². The average molecular weight is 364 g/mol. The topological polar surface area (TPSA) is 43.9 Å². The van der Waals surface area contributed by atoms with Gasteiger partial charge in [-0.2, -0.15) is 0 Å². The molecule has 108 valence electrons. The summed E-state index contributed by atoms with van der Waals surface area (Å²) in [5, 5.41) is 9.44. The van der Waals surface area contributed by atoms with Crippen molar-refractivity contribution in [2.24, 2.45) is 7.05 Å². The first-order valence-corrected chi connectivity index (χ1v) is 8.24. The van der Waals surface area contributed by atoms with E-state index in [4.69, 9.17) is 4.42 Å². The van der Waals surface area contributed by atoms with Crippen LogP contribution in [-0.2, 0) is 12.8 Å². The summed E-state index contributed by atoms with van der Waals surface area (Å²) in [6.07, 6.45) is 1.67. The molecule has 2 aromatic heterocycles. The molecule has 0 amide bonds. The molecule has 0 unspecified atom stereocenters. The summed E-state index contributed by atoms with van der Waals surface area (Å²) in [4.78, 5) is 0. The molecule has 0 radical (unpaired) electrons. The molecule has 21 heavy (non-hydrogen) atoms. The fourth-order valence-electron chi connectivity index (χ4n) is 2.07. The normalized spacial score (nSPS) is 11.0. The van der Waals surface area contributed by atoms with Crippen molar-refractivity contribution in [3.8, 4) is 11.4 Å². The molecule has 0 N–H and O–H groups in total. The third kappa shape index (κ3) is 3.06. The van der Waals surface area contributed by atoms with Crippen LogP contribution in [0.1, 0.15) is 11.3 Å². The highest BCUT2D eigenvalue weighted by molar-refractivity contribution is 9.10. The second-order valence-corrected chi connectivity index (χ2v) is 6.53. The van der Waals surface area contributed by atoms with Crippen LogP contribution in [0.5, 0.6) is 0 Å². The van der Waals surface area contributed by atoms with Crippen LogP contribution in [0.15, 0.2) is 50.6 Å². The molecule has 0 aliphatic rings. The number of benzene rings is 1. The van der Waals surface area contributed by atoms with Gasteiger partial charge in [0.1, 0.15) is 5.76 Å². The van der Waals surface area contributed by atoms with Gasteiger partial charge in [0.05, 0.1) is 11.8 Å². The van der Waals surface area contributed by atoms with Gasteiger partial charge in [0, 0.05) is 17.3 Å². The predicted molar refractivity (Wildman–Crippen MR) is 87.1 cm³/mol. The maximum absolute atomic E-state index is 5.33. The number of rotatable bonds is 4. The summed E-state index contributed by atoms with van der Waals surface area (Å²) in [7, 11) is 1.98. The van der Waals surface area contributed by atoms with Gasteiger partial charge in [0.25, 0.3) is 0 Å². The number of hydrogen-bond acceptors (Lipinski definition) is 4. The summed E-state index contributed by atoms with van der Waals surface area (Å²) < 4.78 is 8.42. The number of furan rings is 1. The van der Waals surface area contributed by atoms with Crippen molar-refractivity contribution >= 4 is 27.7 Å². The quantitative estimate of drug-likeness (QED) is 0.642. The lowest BCUT2D eigenvalue weighted by molar-refractivity contribution is 0.534. The van der Waals surface area contributed by atoms with Gasteiger partial charge in [-0.05, 0) is 30.7 Å². The Hall–Kier alpha value is -1.53. The highest BCUT2D eigenvalue weighted by Crippen LogP contribution is 2.27. The van der Waals surface area contributed by atoms with Crippen molar-refractivity contribution in [1.29, 1.82) is 0 Å². The van der Waals surface area contributed by atoms with Gasteiger partial charge in [-0.25, -0.2) is 0 Å². The molecule has 4 nitrogen and oxygen atoms in total. The minimum Gasteiger partial charge on any atom is -0.469 e. The van der Waals surface area contributed by atoms with Crippen LogP contribution in [0.3, 0.4) is 0 Å². The minimum absolute atomic E-state index is 0.831. The first kappa shape index (κ1) is 14.4. The van der Waals surface area contributed by atoms with Crippen LogP contribution in [0.4, 0.5) is 0 Å². The van der Waals surface area contributed by atoms with Crippen molar-refractivity contribution in [2.45, 2.75) is 17.8 Å². The van der Waals surface area contributed by atoms with Gasteiger partial charge >= 0.3 is 0 Å². The molecule has 1 aromatic carbocycles. The maximum Gasteiger partial charge on any atom is 0.191 e. The van der Waals surface area contributed by atoms with Crippen molar-refractivity contribution in [3.63, 3.8) is 0 Å². The lowest BCUT2D eigenvalue weighted by Crippen LogP contribution is -1.95. The van der Waals surface area contributed by atoms with E-state index in [1.54, 1.807) is 18.0 Å². The third-order valence-corrected chi connectivity index (χ3v) is 4.78. The molecule has 0 atom stereocenters. The second-order valence-electron chi connectivity index (χ2n) is 4.67. The first-order valence-electron chi connectivity index (χ1n) is 6.46. The minimum atomic E-state index is 0.831. The predicted octanol–water partition coefficient (Wildman–Crippen LogP) is 4.44. The first-order chi connectivity index (χ1) is 10.1. The van der Waals surface area contributed by atoms with Gasteiger partial charge in [0.15, 0.2) is 11.0 Å². The fraction of sp³-hybridized carbons (Fsp3) is 0.200. The summed E-state index contributed by atoms with van der Waals surface area (Å²) >= 11 is 5.16. The molecule has 2 heterocycles. The molecule has 0 saturated heterocycles. The molecule has 0 saturated carbocycles. The summed E-state index contributed by atoms with van der Waals surface area (Å²) in [6, 6.07) is 10.2. The van der Waals surface area contributed by atoms with Crippen molar-refractivity contribution in [2.75, 3.05) is 0 Å². The molecule has 0 bridgehead atoms. The standard InChI is InChI=1S/C15H14BrN3OS/c1-10-13(6-7-20-10)14-17-18-15(19(14)2)21-9-11-4-3-5-12(16)8-11/h3-8H,9H2,1-2H3. The highest BCUT2D eigenvalue weighted by Gasteiger charge is 2.14. The number of thioether (sulfide) groups is 1. The van der Waals surface area contributed by atoms with Crippen molar-refractivity contribution < 1.29 is 4.42 Å². The van der Waals surface area contributed by atoms with E-state index >= 15 is 0 Å². The molecule has 0 spiro atoms. The van der Waals surface area contributed by atoms with Crippen molar-refractivity contribution in [1.82, 2.24) is 14.8 Å². The van der Waals surface area contributed by atoms with Gasteiger partial charge in [-0.15, -0.1) is 10.2 Å². The molecule has 0 aliphatic carbocycles. The molecular weight excluding hydrogens is 350 g/mol. The molecule has 0 fully saturated rings. The maximum atomic E-state index is 5.33. The Kier molecular flexibility index (Phi) is 4.17. The van der Waals surface area contributed by atoms with E-state index in [-0.39, 0.29) is 0 Å². The van der Waals surface area contributed by atoms with Crippen LogP contribution in [0, 0.1) is 6.92 Å². The third-order valence-electron chi connectivity index (χ3n) is 3.19. The Morgan fingerprint density at radius 3 is 2.86 bits per heavy atom. The molecule has 0 aliphatic heterocycles. The number of aromatic nitrogens is 3. The van der Waals surface area contributed by atoms with Crippen molar-refractivity contribution in [3.05, 3.63) is 52.4 Å². The van der Waals surface area contributed by atoms with Gasteiger partial charge < -0.3 is 8.98 Å². The van der Waals surface area contributed by atoms with Crippen LogP contribution >= 0.6 is 27.7 Å². The van der Waals surface area contributed by atoms with E-state index in [0.29, 0.717) is 0 Å².